The van der Waals surface area contributed by atoms with Crippen molar-refractivity contribution >= 4 is 17.5 Å². The molecular formula is C15H18N4O. The second kappa shape index (κ2) is 6.14. The minimum Gasteiger partial charge on any atom is -0.307 e. The van der Waals surface area contributed by atoms with Crippen LogP contribution >= 0.6 is 0 Å². The lowest BCUT2D eigenvalue weighted by atomic mass is 10.1. The Bertz CT molecular complexity index is 605. The maximum absolute atomic E-state index is 12.0. The molecule has 1 heterocycles. The van der Waals surface area contributed by atoms with Gasteiger partial charge in [0.05, 0.1) is 0 Å². The lowest BCUT2D eigenvalue weighted by Gasteiger charge is -2.11. The van der Waals surface area contributed by atoms with E-state index in [1.54, 1.807) is 13.0 Å². The van der Waals surface area contributed by atoms with Gasteiger partial charge in [-0.2, -0.15) is 0 Å². The van der Waals surface area contributed by atoms with Crippen LogP contribution in [-0.2, 0) is 6.42 Å². The normalized spacial score (nSPS) is 10.2. The predicted octanol–water partition coefficient (Wildman–Crippen LogP) is 3.30. The lowest BCUT2D eigenvalue weighted by Crippen LogP contribution is -2.21. The number of nitrogens with zero attached hydrogens (tertiary/aromatic N) is 2. The van der Waals surface area contributed by atoms with E-state index in [9.17, 15) is 4.79 Å². The first kappa shape index (κ1) is 14.0. The number of amides is 2. The van der Waals surface area contributed by atoms with Crippen molar-refractivity contribution in [3.8, 4) is 0 Å². The van der Waals surface area contributed by atoms with E-state index in [4.69, 9.17) is 0 Å². The minimum absolute atomic E-state index is 0.302. The third kappa shape index (κ3) is 3.54. The van der Waals surface area contributed by atoms with Gasteiger partial charge in [-0.15, -0.1) is 0 Å². The van der Waals surface area contributed by atoms with Crippen molar-refractivity contribution < 1.29 is 4.79 Å². The number of benzene rings is 1. The minimum atomic E-state index is -0.302. The van der Waals surface area contributed by atoms with Crippen LogP contribution in [0.4, 0.5) is 16.3 Å². The fraction of sp³-hybridized carbons (Fsp3) is 0.267. The summed E-state index contributed by atoms with van der Waals surface area (Å²) in [5, 5.41) is 5.56. The van der Waals surface area contributed by atoms with Crippen LogP contribution in [0.15, 0.2) is 30.3 Å². The Morgan fingerprint density at radius 3 is 2.60 bits per heavy atom. The van der Waals surface area contributed by atoms with E-state index in [1.165, 1.54) is 0 Å². The van der Waals surface area contributed by atoms with Gasteiger partial charge in [-0.25, -0.2) is 14.8 Å². The van der Waals surface area contributed by atoms with Crippen molar-refractivity contribution in [1.29, 1.82) is 0 Å². The molecule has 2 rings (SSSR count). The Morgan fingerprint density at radius 1 is 1.15 bits per heavy atom. The molecule has 0 spiro atoms. The molecule has 20 heavy (non-hydrogen) atoms. The van der Waals surface area contributed by atoms with Crippen LogP contribution in [0.1, 0.15) is 24.0 Å². The molecule has 0 saturated carbocycles. The summed E-state index contributed by atoms with van der Waals surface area (Å²) in [7, 11) is 0. The van der Waals surface area contributed by atoms with Gasteiger partial charge in [0.25, 0.3) is 0 Å². The van der Waals surface area contributed by atoms with Gasteiger partial charge >= 0.3 is 6.03 Å². The number of anilines is 2. The quantitative estimate of drug-likeness (QED) is 0.899. The molecule has 0 bridgehead atoms. The van der Waals surface area contributed by atoms with Gasteiger partial charge in [-0.3, -0.25) is 5.32 Å². The van der Waals surface area contributed by atoms with Crippen molar-refractivity contribution in [3.63, 3.8) is 0 Å². The molecule has 0 atom stereocenters. The van der Waals surface area contributed by atoms with Gasteiger partial charge in [0.2, 0.25) is 0 Å². The van der Waals surface area contributed by atoms with Crippen LogP contribution in [0.5, 0.6) is 0 Å². The van der Waals surface area contributed by atoms with Gasteiger partial charge < -0.3 is 5.32 Å². The fourth-order valence-corrected chi connectivity index (χ4v) is 2.00. The highest BCUT2D eigenvalue weighted by Crippen LogP contribution is 2.16. The highest BCUT2D eigenvalue weighted by atomic mass is 16.2. The first-order valence-corrected chi connectivity index (χ1v) is 6.56. The molecule has 5 nitrogen and oxygen atoms in total. The molecular weight excluding hydrogens is 252 g/mol. The number of urea groups is 1. The van der Waals surface area contributed by atoms with E-state index in [1.807, 2.05) is 31.2 Å². The van der Waals surface area contributed by atoms with Gasteiger partial charge in [0.15, 0.2) is 0 Å². The third-order valence-electron chi connectivity index (χ3n) is 2.85. The Labute approximate surface area is 118 Å². The van der Waals surface area contributed by atoms with Crippen LogP contribution < -0.4 is 10.6 Å². The molecule has 5 heteroatoms. The molecule has 0 aliphatic heterocycles. The molecule has 2 aromatic rings. The molecule has 0 aliphatic rings. The maximum Gasteiger partial charge on any atom is 0.324 e. The number of aromatic nitrogens is 2. The second-order valence-corrected chi connectivity index (χ2v) is 4.53. The third-order valence-corrected chi connectivity index (χ3v) is 2.85. The van der Waals surface area contributed by atoms with Crippen molar-refractivity contribution in [2.24, 2.45) is 0 Å². The van der Waals surface area contributed by atoms with Gasteiger partial charge in [0, 0.05) is 17.4 Å². The lowest BCUT2D eigenvalue weighted by molar-refractivity contribution is 0.262. The zero-order valence-corrected chi connectivity index (χ0v) is 11.9. The van der Waals surface area contributed by atoms with Gasteiger partial charge in [-0.1, -0.05) is 25.1 Å². The zero-order chi connectivity index (χ0) is 14.5. The van der Waals surface area contributed by atoms with Crippen molar-refractivity contribution in [2.75, 3.05) is 10.6 Å². The molecule has 104 valence electrons. The average molecular weight is 270 g/mol. The average Bonchev–Trinajstić information content (AvgIpc) is 2.37. The van der Waals surface area contributed by atoms with Gasteiger partial charge in [-0.05, 0) is 31.9 Å². The topological polar surface area (TPSA) is 66.9 Å². The number of carbonyl (C=O) groups excluding carboxylic acids is 1. The van der Waals surface area contributed by atoms with E-state index in [-0.39, 0.29) is 6.03 Å². The summed E-state index contributed by atoms with van der Waals surface area (Å²) in [6, 6.07) is 9.16. The van der Waals surface area contributed by atoms with E-state index in [0.717, 1.165) is 23.4 Å². The van der Waals surface area contributed by atoms with E-state index in [2.05, 4.69) is 27.5 Å². The van der Waals surface area contributed by atoms with E-state index >= 15 is 0 Å². The zero-order valence-electron chi connectivity index (χ0n) is 11.9. The first-order valence-electron chi connectivity index (χ1n) is 6.56. The number of aryl methyl sites for hydroxylation is 3. The van der Waals surface area contributed by atoms with Crippen LogP contribution in [0.2, 0.25) is 0 Å². The van der Waals surface area contributed by atoms with Crippen LogP contribution in [-0.4, -0.2) is 16.0 Å². The largest absolute Gasteiger partial charge is 0.324 e. The van der Waals surface area contributed by atoms with Crippen molar-refractivity contribution in [3.05, 3.63) is 47.4 Å². The molecule has 0 aliphatic carbocycles. The predicted molar refractivity (Wildman–Crippen MR) is 80.0 cm³/mol. The summed E-state index contributed by atoms with van der Waals surface area (Å²) in [4.78, 5) is 20.3. The SMILES string of the molecule is CCc1ccccc1NC(=O)Nc1cc(C)nc(C)n1. The van der Waals surface area contributed by atoms with Crippen LogP contribution in [0.3, 0.4) is 0 Å². The summed E-state index contributed by atoms with van der Waals surface area (Å²) in [6.45, 7) is 5.71. The summed E-state index contributed by atoms with van der Waals surface area (Å²) in [5.41, 5.74) is 2.73. The second-order valence-electron chi connectivity index (χ2n) is 4.53. The number of nitrogens with one attached hydrogen (secondary N) is 2. The molecule has 2 N–H and O–H groups in total. The van der Waals surface area contributed by atoms with Crippen LogP contribution in [0.25, 0.3) is 0 Å². The number of hydrogen-bond acceptors (Lipinski definition) is 3. The summed E-state index contributed by atoms with van der Waals surface area (Å²) in [6.07, 6.45) is 0.863. The van der Waals surface area contributed by atoms with E-state index < -0.39 is 0 Å². The Kier molecular flexibility index (Phi) is 4.30. The Hall–Kier alpha value is -2.43. The highest BCUT2D eigenvalue weighted by molar-refractivity contribution is 5.99. The van der Waals surface area contributed by atoms with E-state index in [0.29, 0.717) is 11.6 Å². The summed E-state index contributed by atoms with van der Waals surface area (Å²) >= 11 is 0. The smallest absolute Gasteiger partial charge is 0.307 e. The molecule has 0 unspecified atom stereocenters. The number of rotatable bonds is 3. The van der Waals surface area contributed by atoms with Crippen LogP contribution in [0, 0.1) is 13.8 Å². The highest BCUT2D eigenvalue weighted by Gasteiger charge is 2.07. The number of carbonyl (C=O) groups is 1. The number of hydrogen-bond donors (Lipinski definition) is 2. The van der Waals surface area contributed by atoms with Crippen molar-refractivity contribution in [1.82, 2.24) is 9.97 Å². The summed E-state index contributed by atoms with van der Waals surface area (Å²) < 4.78 is 0. The molecule has 0 radical (unpaired) electrons. The number of para-hydroxylation sites is 1. The molecule has 0 fully saturated rings. The Morgan fingerprint density at radius 2 is 1.90 bits per heavy atom. The maximum atomic E-state index is 12.0. The molecule has 0 saturated heterocycles. The standard InChI is InChI=1S/C15H18N4O/c1-4-12-7-5-6-8-13(12)18-15(20)19-14-9-10(2)16-11(3)17-14/h5-9H,4H2,1-3H3,(H2,16,17,18,19,20). The fourth-order valence-electron chi connectivity index (χ4n) is 2.00. The molecule has 2 amide bonds. The van der Waals surface area contributed by atoms with Gasteiger partial charge in [0.1, 0.15) is 11.6 Å². The van der Waals surface area contributed by atoms with Crippen molar-refractivity contribution in [2.45, 2.75) is 27.2 Å². The monoisotopic (exact) mass is 270 g/mol. The molecule has 1 aromatic carbocycles. The molecule has 1 aromatic heterocycles. The first-order chi connectivity index (χ1) is 9.58. The summed E-state index contributed by atoms with van der Waals surface area (Å²) in [5.74, 6) is 1.13. The Balaban J connectivity index is 2.09.